The zero-order valence-electron chi connectivity index (χ0n) is 11.5. The van der Waals surface area contributed by atoms with Gasteiger partial charge in [0, 0.05) is 12.6 Å². The molecule has 0 atom stereocenters. The Labute approximate surface area is 120 Å². The maximum Gasteiger partial charge on any atom is 0.338 e. The number of amides is 1. The second kappa shape index (κ2) is 6.00. The predicted molar refractivity (Wildman–Crippen MR) is 77.6 cm³/mol. The molecular weight excluding hydrogens is 274 g/mol. The van der Waals surface area contributed by atoms with E-state index in [4.69, 9.17) is 4.52 Å². The zero-order chi connectivity index (χ0) is 15.4. The Bertz CT molecular complexity index is 702. The highest BCUT2D eigenvalue weighted by Gasteiger charge is 2.21. The Morgan fingerprint density at radius 1 is 1.33 bits per heavy atom. The number of anilines is 1. The van der Waals surface area contributed by atoms with Gasteiger partial charge in [0.1, 0.15) is 0 Å². The molecule has 2 aromatic rings. The van der Waals surface area contributed by atoms with Crippen molar-refractivity contribution >= 4 is 29.4 Å². The topological polar surface area (TPSA) is 98.3 Å². The molecule has 0 aliphatic heterocycles. The largest absolute Gasteiger partial charge is 0.349 e. The van der Waals surface area contributed by atoms with Gasteiger partial charge in [-0.05, 0) is 30.7 Å². The van der Waals surface area contributed by atoms with Crippen molar-refractivity contribution in [1.82, 2.24) is 5.16 Å². The summed E-state index contributed by atoms with van der Waals surface area (Å²) in [4.78, 5) is 21.3. The average molecular weight is 287 g/mol. The van der Waals surface area contributed by atoms with Crippen molar-refractivity contribution in [3.63, 3.8) is 0 Å². The summed E-state index contributed by atoms with van der Waals surface area (Å²) in [7, 11) is 0. The second-order valence-corrected chi connectivity index (χ2v) is 4.37. The first-order valence-corrected chi connectivity index (χ1v) is 6.14. The molecule has 0 spiro atoms. The molecule has 2 rings (SSSR count). The van der Waals surface area contributed by atoms with Crippen LogP contribution in [-0.2, 0) is 4.79 Å². The van der Waals surface area contributed by atoms with Gasteiger partial charge < -0.3 is 9.84 Å². The number of hydrogen-bond donors (Lipinski definition) is 1. The third-order valence-corrected chi connectivity index (χ3v) is 2.70. The fraction of sp³-hybridized carbons (Fsp3) is 0.143. The van der Waals surface area contributed by atoms with Crippen molar-refractivity contribution < 1.29 is 14.2 Å². The number of benzene rings is 1. The highest BCUT2D eigenvalue weighted by Crippen LogP contribution is 2.24. The number of nitrogens with one attached hydrogen (secondary N) is 1. The van der Waals surface area contributed by atoms with Crippen LogP contribution in [0.2, 0.25) is 0 Å². The summed E-state index contributed by atoms with van der Waals surface area (Å²) in [5, 5.41) is 17.1. The van der Waals surface area contributed by atoms with E-state index in [0.717, 1.165) is 5.56 Å². The van der Waals surface area contributed by atoms with Crippen LogP contribution in [-0.4, -0.2) is 16.0 Å². The average Bonchev–Trinajstić information content (AvgIpc) is 2.78. The van der Waals surface area contributed by atoms with E-state index in [1.54, 1.807) is 30.3 Å². The Hall–Kier alpha value is -2.96. The molecule has 0 saturated carbocycles. The smallest absolute Gasteiger partial charge is 0.338 e. The number of nitro groups is 1. The summed E-state index contributed by atoms with van der Waals surface area (Å²) in [6.45, 7) is 2.94. The van der Waals surface area contributed by atoms with Crippen LogP contribution in [0, 0.1) is 17.0 Å². The van der Waals surface area contributed by atoms with Crippen molar-refractivity contribution in [2.45, 2.75) is 13.8 Å². The molecule has 108 valence electrons. The van der Waals surface area contributed by atoms with E-state index in [1.165, 1.54) is 19.9 Å². The quantitative estimate of drug-likeness (QED) is 0.688. The third kappa shape index (κ3) is 3.53. The van der Waals surface area contributed by atoms with E-state index in [0.29, 0.717) is 5.69 Å². The zero-order valence-corrected chi connectivity index (χ0v) is 11.5. The van der Waals surface area contributed by atoms with Crippen LogP contribution >= 0.6 is 0 Å². The lowest BCUT2D eigenvalue weighted by atomic mass is 10.1. The summed E-state index contributed by atoms with van der Waals surface area (Å²) in [5.41, 5.74) is 1.59. The first-order chi connectivity index (χ1) is 9.97. The minimum absolute atomic E-state index is 0.100. The second-order valence-electron chi connectivity index (χ2n) is 4.37. The van der Waals surface area contributed by atoms with Gasteiger partial charge in [-0.3, -0.25) is 14.9 Å². The van der Waals surface area contributed by atoms with Crippen LogP contribution in [0.4, 0.5) is 11.4 Å². The van der Waals surface area contributed by atoms with Crippen molar-refractivity contribution in [1.29, 1.82) is 0 Å². The minimum Gasteiger partial charge on any atom is -0.349 e. The highest BCUT2D eigenvalue weighted by atomic mass is 16.6. The first kappa shape index (κ1) is 14.4. The Morgan fingerprint density at radius 3 is 2.57 bits per heavy atom. The van der Waals surface area contributed by atoms with Gasteiger partial charge in [-0.1, -0.05) is 23.4 Å². The normalized spacial score (nSPS) is 10.8. The lowest BCUT2D eigenvalue weighted by Crippen LogP contribution is -2.05. The molecule has 0 radical (unpaired) electrons. The van der Waals surface area contributed by atoms with Gasteiger partial charge in [-0.2, -0.15) is 0 Å². The molecule has 1 heterocycles. The summed E-state index contributed by atoms with van der Waals surface area (Å²) in [6, 6.07) is 7.02. The maximum atomic E-state index is 10.9. The van der Waals surface area contributed by atoms with Gasteiger partial charge in [0.25, 0.3) is 0 Å². The summed E-state index contributed by atoms with van der Waals surface area (Å²) in [6.07, 6.45) is 3.16. The molecule has 0 unspecified atom stereocenters. The Balaban J connectivity index is 2.18. The molecule has 1 aromatic heterocycles. The fourth-order valence-corrected chi connectivity index (χ4v) is 1.77. The van der Waals surface area contributed by atoms with Crippen LogP contribution < -0.4 is 5.32 Å². The van der Waals surface area contributed by atoms with Gasteiger partial charge in [0.05, 0.1) is 4.92 Å². The third-order valence-electron chi connectivity index (χ3n) is 2.70. The lowest BCUT2D eigenvalue weighted by Gasteiger charge is -2.01. The molecule has 1 aromatic carbocycles. The molecule has 1 amide bonds. The molecule has 0 aliphatic carbocycles. The van der Waals surface area contributed by atoms with Gasteiger partial charge >= 0.3 is 5.69 Å². The molecule has 0 fully saturated rings. The van der Waals surface area contributed by atoms with E-state index >= 15 is 0 Å². The highest BCUT2D eigenvalue weighted by molar-refractivity contribution is 5.88. The Kier molecular flexibility index (Phi) is 4.13. The SMILES string of the molecule is CC(=O)Nc1ccc(/C=C/c2onc(C)c2[N+](=O)[O-])cc1. The number of aryl methyl sites for hydroxylation is 1. The van der Waals surface area contributed by atoms with Crippen LogP contribution in [0.1, 0.15) is 23.9 Å². The lowest BCUT2D eigenvalue weighted by molar-refractivity contribution is -0.386. The number of carbonyl (C=O) groups excluding carboxylic acids is 1. The number of carbonyl (C=O) groups is 1. The number of nitrogens with zero attached hydrogens (tertiary/aromatic N) is 2. The van der Waals surface area contributed by atoms with Crippen LogP contribution in [0.3, 0.4) is 0 Å². The Morgan fingerprint density at radius 2 is 2.00 bits per heavy atom. The number of rotatable bonds is 4. The van der Waals surface area contributed by atoms with Crippen molar-refractivity contribution in [3.05, 3.63) is 51.4 Å². The van der Waals surface area contributed by atoms with Gasteiger partial charge in [0.15, 0.2) is 5.69 Å². The maximum absolute atomic E-state index is 10.9. The molecule has 0 bridgehead atoms. The summed E-state index contributed by atoms with van der Waals surface area (Å²) >= 11 is 0. The molecule has 0 aliphatic rings. The van der Waals surface area contributed by atoms with Crippen molar-refractivity contribution in [2.24, 2.45) is 0 Å². The molecule has 7 heteroatoms. The standard InChI is InChI=1S/C14H13N3O4/c1-9-14(17(19)20)13(21-16-9)8-5-11-3-6-12(7-4-11)15-10(2)18/h3-8H,1-2H3,(H,15,18)/b8-5+. The molecule has 1 N–H and O–H groups in total. The van der Waals surface area contributed by atoms with E-state index in [9.17, 15) is 14.9 Å². The fourth-order valence-electron chi connectivity index (χ4n) is 1.77. The predicted octanol–water partition coefficient (Wildman–Crippen LogP) is 3.02. The van der Waals surface area contributed by atoms with Crippen LogP contribution in [0.5, 0.6) is 0 Å². The monoisotopic (exact) mass is 287 g/mol. The number of hydrogen-bond acceptors (Lipinski definition) is 5. The summed E-state index contributed by atoms with van der Waals surface area (Å²) < 4.78 is 4.92. The van der Waals surface area contributed by atoms with E-state index in [1.807, 2.05) is 0 Å². The molecular formula is C14H13N3O4. The van der Waals surface area contributed by atoms with Gasteiger partial charge in [0.2, 0.25) is 11.7 Å². The van der Waals surface area contributed by atoms with E-state index in [-0.39, 0.29) is 23.0 Å². The van der Waals surface area contributed by atoms with Crippen LogP contribution in [0.25, 0.3) is 12.2 Å². The minimum atomic E-state index is -0.522. The summed E-state index contributed by atoms with van der Waals surface area (Å²) in [5.74, 6) is -0.0468. The van der Waals surface area contributed by atoms with Crippen molar-refractivity contribution in [2.75, 3.05) is 5.32 Å². The van der Waals surface area contributed by atoms with Crippen LogP contribution in [0.15, 0.2) is 28.8 Å². The van der Waals surface area contributed by atoms with Gasteiger partial charge in [-0.25, -0.2) is 0 Å². The molecule has 7 nitrogen and oxygen atoms in total. The van der Waals surface area contributed by atoms with E-state index in [2.05, 4.69) is 10.5 Å². The molecule has 21 heavy (non-hydrogen) atoms. The van der Waals surface area contributed by atoms with Gasteiger partial charge in [-0.15, -0.1) is 0 Å². The first-order valence-electron chi connectivity index (χ1n) is 6.14. The number of aromatic nitrogens is 1. The van der Waals surface area contributed by atoms with Crippen molar-refractivity contribution in [3.8, 4) is 0 Å². The molecule has 0 saturated heterocycles. The van der Waals surface area contributed by atoms with E-state index < -0.39 is 4.92 Å².